The normalized spacial score (nSPS) is 10.6. The number of carbonyl (C=O) groups is 1. The van der Waals surface area contributed by atoms with Crippen LogP contribution in [0.15, 0.2) is 24.5 Å². The molecular formula is C12H14N2OS. The lowest BCUT2D eigenvalue weighted by Crippen LogP contribution is -2.03. The first-order valence-corrected chi connectivity index (χ1v) is 6.04. The molecule has 0 unspecified atom stereocenters. The van der Waals surface area contributed by atoms with Gasteiger partial charge in [0.05, 0.1) is 4.88 Å². The SMILES string of the molecule is Cc1ccc(C(=O)CCc2nccn2C)s1. The fourth-order valence-electron chi connectivity index (χ4n) is 1.57. The standard InChI is InChI=1S/C12H14N2OS/c1-9-3-5-11(16-9)10(15)4-6-12-13-7-8-14(12)2/h3,5,7-8H,4,6H2,1-2H3. The summed E-state index contributed by atoms with van der Waals surface area (Å²) in [5.74, 6) is 1.17. The van der Waals surface area contributed by atoms with Gasteiger partial charge in [-0.3, -0.25) is 4.79 Å². The number of nitrogens with zero attached hydrogens (tertiary/aromatic N) is 2. The van der Waals surface area contributed by atoms with E-state index in [-0.39, 0.29) is 5.78 Å². The van der Waals surface area contributed by atoms with Gasteiger partial charge in [0.2, 0.25) is 0 Å². The van der Waals surface area contributed by atoms with Gasteiger partial charge in [0.15, 0.2) is 5.78 Å². The average molecular weight is 234 g/mol. The Morgan fingerprint density at radius 3 is 2.88 bits per heavy atom. The van der Waals surface area contributed by atoms with Crippen LogP contribution >= 0.6 is 11.3 Å². The molecule has 0 aliphatic carbocycles. The van der Waals surface area contributed by atoms with Crippen molar-refractivity contribution in [1.82, 2.24) is 9.55 Å². The zero-order valence-electron chi connectivity index (χ0n) is 9.43. The molecule has 3 nitrogen and oxygen atoms in total. The summed E-state index contributed by atoms with van der Waals surface area (Å²) in [6.07, 6.45) is 4.90. The zero-order valence-corrected chi connectivity index (χ0v) is 10.3. The minimum Gasteiger partial charge on any atom is -0.338 e. The molecule has 4 heteroatoms. The van der Waals surface area contributed by atoms with Crippen LogP contribution in [0.1, 0.15) is 26.8 Å². The second-order valence-corrected chi connectivity index (χ2v) is 5.08. The molecule has 2 heterocycles. The van der Waals surface area contributed by atoms with Crippen LogP contribution in [0.4, 0.5) is 0 Å². The Kier molecular flexibility index (Phi) is 3.19. The fraction of sp³-hybridized carbons (Fsp3) is 0.333. The van der Waals surface area contributed by atoms with E-state index in [9.17, 15) is 4.79 Å². The van der Waals surface area contributed by atoms with Gasteiger partial charge < -0.3 is 4.57 Å². The number of hydrogen-bond donors (Lipinski definition) is 0. The average Bonchev–Trinajstić information content (AvgIpc) is 2.84. The second-order valence-electron chi connectivity index (χ2n) is 3.79. The molecule has 0 spiro atoms. The molecule has 2 rings (SSSR count). The van der Waals surface area contributed by atoms with Crippen LogP contribution in [0.3, 0.4) is 0 Å². The van der Waals surface area contributed by atoms with E-state index in [0.29, 0.717) is 12.8 Å². The third-order valence-electron chi connectivity index (χ3n) is 2.51. The van der Waals surface area contributed by atoms with E-state index in [1.54, 1.807) is 17.5 Å². The molecule has 0 amide bonds. The van der Waals surface area contributed by atoms with Crippen molar-refractivity contribution < 1.29 is 4.79 Å². The quantitative estimate of drug-likeness (QED) is 0.762. The lowest BCUT2D eigenvalue weighted by molar-refractivity contribution is 0.0986. The lowest BCUT2D eigenvalue weighted by Gasteiger charge is -2.00. The Balaban J connectivity index is 1.96. The van der Waals surface area contributed by atoms with E-state index in [4.69, 9.17) is 0 Å². The summed E-state index contributed by atoms with van der Waals surface area (Å²) >= 11 is 1.56. The van der Waals surface area contributed by atoms with E-state index in [1.807, 2.05) is 36.9 Å². The number of rotatable bonds is 4. The van der Waals surface area contributed by atoms with Crippen molar-refractivity contribution >= 4 is 17.1 Å². The third-order valence-corrected chi connectivity index (χ3v) is 3.55. The van der Waals surface area contributed by atoms with Crippen molar-refractivity contribution in [2.75, 3.05) is 0 Å². The molecule has 0 N–H and O–H groups in total. The van der Waals surface area contributed by atoms with Gasteiger partial charge in [-0.05, 0) is 19.1 Å². The molecular weight excluding hydrogens is 220 g/mol. The highest BCUT2D eigenvalue weighted by atomic mass is 32.1. The van der Waals surface area contributed by atoms with Gasteiger partial charge in [0, 0.05) is 37.2 Å². The highest BCUT2D eigenvalue weighted by molar-refractivity contribution is 7.14. The van der Waals surface area contributed by atoms with Crippen LogP contribution in [0.5, 0.6) is 0 Å². The maximum Gasteiger partial charge on any atom is 0.173 e. The molecule has 0 radical (unpaired) electrons. The van der Waals surface area contributed by atoms with Gasteiger partial charge in [0.25, 0.3) is 0 Å². The summed E-state index contributed by atoms with van der Waals surface area (Å²) in [7, 11) is 1.95. The Morgan fingerprint density at radius 1 is 1.50 bits per heavy atom. The molecule has 84 valence electrons. The highest BCUT2D eigenvalue weighted by Crippen LogP contribution is 2.17. The van der Waals surface area contributed by atoms with Crippen molar-refractivity contribution in [3.05, 3.63) is 40.1 Å². The van der Waals surface area contributed by atoms with E-state index < -0.39 is 0 Å². The van der Waals surface area contributed by atoms with Gasteiger partial charge in [-0.15, -0.1) is 11.3 Å². The van der Waals surface area contributed by atoms with Crippen molar-refractivity contribution in [2.45, 2.75) is 19.8 Å². The lowest BCUT2D eigenvalue weighted by atomic mass is 10.2. The number of thiophene rings is 1. The molecule has 16 heavy (non-hydrogen) atoms. The van der Waals surface area contributed by atoms with Gasteiger partial charge in [-0.2, -0.15) is 0 Å². The van der Waals surface area contributed by atoms with E-state index in [1.165, 1.54) is 4.88 Å². The summed E-state index contributed by atoms with van der Waals surface area (Å²) < 4.78 is 1.95. The van der Waals surface area contributed by atoms with Crippen LogP contribution in [0.25, 0.3) is 0 Å². The number of hydrogen-bond acceptors (Lipinski definition) is 3. The highest BCUT2D eigenvalue weighted by Gasteiger charge is 2.09. The summed E-state index contributed by atoms with van der Waals surface area (Å²) in [6, 6.07) is 3.89. The maximum atomic E-state index is 11.8. The zero-order chi connectivity index (χ0) is 11.5. The fourth-order valence-corrected chi connectivity index (χ4v) is 2.41. The number of Topliss-reactive ketones (excluding diaryl/α,β-unsaturated/α-hetero) is 1. The van der Waals surface area contributed by atoms with Crippen LogP contribution in [-0.4, -0.2) is 15.3 Å². The minimum absolute atomic E-state index is 0.209. The topological polar surface area (TPSA) is 34.9 Å². The number of aromatic nitrogens is 2. The predicted octanol–water partition coefficient (Wildman–Crippen LogP) is 2.61. The number of carbonyl (C=O) groups excluding carboxylic acids is 1. The molecule has 0 saturated heterocycles. The summed E-state index contributed by atoms with van der Waals surface area (Å²) in [6.45, 7) is 2.01. The smallest absolute Gasteiger partial charge is 0.173 e. The Bertz CT molecular complexity index is 499. The van der Waals surface area contributed by atoms with Crippen LogP contribution in [-0.2, 0) is 13.5 Å². The van der Waals surface area contributed by atoms with Gasteiger partial charge in [-0.25, -0.2) is 4.98 Å². The van der Waals surface area contributed by atoms with E-state index >= 15 is 0 Å². The minimum atomic E-state index is 0.209. The Hall–Kier alpha value is -1.42. The number of ketones is 1. The number of imidazole rings is 1. The monoisotopic (exact) mass is 234 g/mol. The predicted molar refractivity (Wildman–Crippen MR) is 64.9 cm³/mol. The van der Waals surface area contributed by atoms with Gasteiger partial charge in [0.1, 0.15) is 5.82 Å². The number of aryl methyl sites for hydroxylation is 3. The summed E-state index contributed by atoms with van der Waals surface area (Å²) in [5, 5.41) is 0. The van der Waals surface area contributed by atoms with Gasteiger partial charge >= 0.3 is 0 Å². The van der Waals surface area contributed by atoms with Crippen molar-refractivity contribution in [1.29, 1.82) is 0 Å². The summed E-state index contributed by atoms with van der Waals surface area (Å²) in [4.78, 5) is 18.1. The molecule has 2 aromatic heterocycles. The second kappa shape index (κ2) is 4.61. The van der Waals surface area contributed by atoms with Gasteiger partial charge in [-0.1, -0.05) is 0 Å². The third kappa shape index (κ3) is 2.39. The largest absolute Gasteiger partial charge is 0.338 e. The van der Waals surface area contributed by atoms with Crippen LogP contribution < -0.4 is 0 Å². The van der Waals surface area contributed by atoms with E-state index in [2.05, 4.69) is 4.98 Å². The van der Waals surface area contributed by atoms with Crippen LogP contribution in [0, 0.1) is 6.92 Å². The molecule has 0 fully saturated rings. The Labute approximate surface area is 98.8 Å². The Morgan fingerprint density at radius 2 is 2.31 bits per heavy atom. The molecule has 0 bridgehead atoms. The first-order valence-electron chi connectivity index (χ1n) is 5.22. The molecule has 0 atom stereocenters. The molecule has 0 saturated carbocycles. The molecule has 2 aromatic rings. The van der Waals surface area contributed by atoms with E-state index in [0.717, 1.165) is 10.7 Å². The molecule has 0 aromatic carbocycles. The van der Waals surface area contributed by atoms with Crippen molar-refractivity contribution in [3.8, 4) is 0 Å². The van der Waals surface area contributed by atoms with Crippen molar-refractivity contribution in [3.63, 3.8) is 0 Å². The first-order chi connectivity index (χ1) is 7.66. The maximum absolute atomic E-state index is 11.8. The van der Waals surface area contributed by atoms with Crippen molar-refractivity contribution in [2.24, 2.45) is 7.05 Å². The summed E-state index contributed by atoms with van der Waals surface area (Å²) in [5.41, 5.74) is 0. The molecule has 0 aliphatic heterocycles. The molecule has 0 aliphatic rings. The first kappa shape index (κ1) is 11.1. The van der Waals surface area contributed by atoms with Crippen LogP contribution in [0.2, 0.25) is 0 Å².